The van der Waals surface area contributed by atoms with Gasteiger partial charge in [-0.2, -0.15) is 0 Å². The van der Waals surface area contributed by atoms with Gasteiger partial charge in [-0.1, -0.05) is 11.6 Å². The van der Waals surface area contributed by atoms with Crippen molar-refractivity contribution in [1.82, 2.24) is 19.9 Å². The number of aromatic amines is 1. The minimum atomic E-state index is -0.534. The van der Waals surface area contributed by atoms with E-state index in [0.29, 0.717) is 5.69 Å². The second-order valence-electron chi connectivity index (χ2n) is 3.41. The maximum atomic E-state index is 11.7. The molecule has 18 heavy (non-hydrogen) atoms. The molecule has 1 amide bonds. The van der Waals surface area contributed by atoms with Gasteiger partial charge in [0.05, 0.1) is 6.20 Å². The first-order chi connectivity index (χ1) is 8.54. The molecule has 92 valence electrons. The highest BCUT2D eigenvalue weighted by Gasteiger charge is 2.10. The second-order valence-corrected chi connectivity index (χ2v) is 3.79. The molecule has 0 saturated heterocycles. The molecular weight excluding hydrogens is 258 g/mol. The lowest BCUT2D eigenvalue weighted by molar-refractivity contribution is 0.102. The van der Waals surface area contributed by atoms with Crippen LogP contribution >= 0.6 is 11.6 Å². The minimum absolute atomic E-state index is 0.0517. The number of hydrogen-bond donors (Lipinski definition) is 2. The summed E-state index contributed by atoms with van der Waals surface area (Å²) in [5, 5.41) is 2.66. The number of amides is 1. The van der Waals surface area contributed by atoms with Crippen LogP contribution in [0.3, 0.4) is 0 Å². The first-order valence-corrected chi connectivity index (χ1v) is 5.29. The molecule has 0 spiro atoms. The number of anilines is 1. The summed E-state index contributed by atoms with van der Waals surface area (Å²) in [7, 11) is 0. The predicted molar refractivity (Wildman–Crippen MR) is 64.6 cm³/mol. The van der Waals surface area contributed by atoms with E-state index in [1.165, 1.54) is 6.20 Å². The van der Waals surface area contributed by atoms with E-state index in [4.69, 9.17) is 11.6 Å². The SMILES string of the molecule is Cc1cc(Cl)nc(NC(=O)c2c[nH]c(=O)cn2)n1. The Morgan fingerprint density at radius 2 is 2.22 bits per heavy atom. The molecule has 8 heteroatoms. The maximum absolute atomic E-state index is 11.7. The van der Waals surface area contributed by atoms with E-state index < -0.39 is 5.91 Å². The highest BCUT2D eigenvalue weighted by molar-refractivity contribution is 6.29. The van der Waals surface area contributed by atoms with Crippen LogP contribution in [0.2, 0.25) is 5.15 Å². The van der Waals surface area contributed by atoms with Crippen LogP contribution in [0.25, 0.3) is 0 Å². The van der Waals surface area contributed by atoms with Gasteiger partial charge in [-0.05, 0) is 13.0 Å². The molecule has 2 heterocycles. The van der Waals surface area contributed by atoms with Gasteiger partial charge in [-0.15, -0.1) is 0 Å². The summed E-state index contributed by atoms with van der Waals surface area (Å²) >= 11 is 5.73. The van der Waals surface area contributed by atoms with Gasteiger partial charge in [0, 0.05) is 11.9 Å². The van der Waals surface area contributed by atoms with Crippen LogP contribution in [0, 0.1) is 6.92 Å². The Balaban J connectivity index is 2.21. The monoisotopic (exact) mass is 265 g/mol. The molecule has 2 aromatic heterocycles. The molecule has 0 aromatic carbocycles. The van der Waals surface area contributed by atoms with Crippen molar-refractivity contribution >= 4 is 23.5 Å². The van der Waals surface area contributed by atoms with Gasteiger partial charge in [0.2, 0.25) is 5.95 Å². The molecule has 2 N–H and O–H groups in total. The number of carbonyl (C=O) groups excluding carboxylic acids is 1. The summed E-state index contributed by atoms with van der Waals surface area (Å²) in [5.74, 6) is -0.453. The van der Waals surface area contributed by atoms with Gasteiger partial charge in [0.15, 0.2) is 0 Å². The van der Waals surface area contributed by atoms with Crippen molar-refractivity contribution in [3.05, 3.63) is 45.4 Å². The predicted octanol–water partition coefficient (Wildman–Crippen LogP) is 0.774. The Hall–Kier alpha value is -2.28. The van der Waals surface area contributed by atoms with E-state index >= 15 is 0 Å². The fraction of sp³-hybridized carbons (Fsp3) is 0.100. The number of hydrogen-bond acceptors (Lipinski definition) is 5. The molecule has 0 saturated carbocycles. The van der Waals surface area contributed by atoms with E-state index in [1.807, 2.05) is 0 Å². The van der Waals surface area contributed by atoms with Gasteiger partial charge in [-0.25, -0.2) is 15.0 Å². The fourth-order valence-corrected chi connectivity index (χ4v) is 1.46. The molecule has 0 aliphatic rings. The Bertz CT molecular complexity index is 614. The van der Waals surface area contributed by atoms with Crippen molar-refractivity contribution in [3.8, 4) is 0 Å². The third-order valence-corrected chi connectivity index (χ3v) is 2.15. The zero-order chi connectivity index (χ0) is 13.1. The molecule has 0 aliphatic heterocycles. The minimum Gasteiger partial charge on any atom is -0.325 e. The number of rotatable bonds is 2. The normalized spacial score (nSPS) is 10.1. The lowest BCUT2D eigenvalue weighted by Gasteiger charge is -2.03. The number of nitrogens with one attached hydrogen (secondary N) is 2. The van der Waals surface area contributed by atoms with Crippen LogP contribution in [0.4, 0.5) is 5.95 Å². The Labute approximate surface area is 106 Å². The average molecular weight is 266 g/mol. The lowest BCUT2D eigenvalue weighted by Crippen LogP contribution is -2.18. The van der Waals surface area contributed by atoms with Crippen LogP contribution in [-0.2, 0) is 0 Å². The number of aryl methyl sites for hydroxylation is 1. The third kappa shape index (κ3) is 2.89. The first-order valence-electron chi connectivity index (χ1n) is 4.92. The number of H-pyrrole nitrogens is 1. The number of carbonyl (C=O) groups is 1. The van der Waals surface area contributed by atoms with E-state index in [9.17, 15) is 9.59 Å². The van der Waals surface area contributed by atoms with Crippen LogP contribution < -0.4 is 10.9 Å². The Morgan fingerprint density at radius 1 is 1.44 bits per heavy atom. The first kappa shape index (κ1) is 12.2. The van der Waals surface area contributed by atoms with Gasteiger partial charge in [-0.3, -0.25) is 14.9 Å². The van der Waals surface area contributed by atoms with Crippen LogP contribution in [0.5, 0.6) is 0 Å². The van der Waals surface area contributed by atoms with Crippen LogP contribution in [0.1, 0.15) is 16.2 Å². The van der Waals surface area contributed by atoms with Gasteiger partial charge in [0.25, 0.3) is 11.5 Å². The van der Waals surface area contributed by atoms with Crippen molar-refractivity contribution in [2.45, 2.75) is 6.92 Å². The van der Waals surface area contributed by atoms with Crippen molar-refractivity contribution in [2.24, 2.45) is 0 Å². The summed E-state index contributed by atoms with van der Waals surface area (Å²) in [4.78, 5) is 36.4. The summed E-state index contributed by atoms with van der Waals surface area (Å²) in [6.45, 7) is 1.72. The maximum Gasteiger partial charge on any atom is 0.278 e. The van der Waals surface area contributed by atoms with E-state index in [0.717, 1.165) is 6.20 Å². The zero-order valence-corrected chi connectivity index (χ0v) is 10.0. The van der Waals surface area contributed by atoms with Crippen LogP contribution in [-0.4, -0.2) is 25.8 Å². The second kappa shape index (κ2) is 4.92. The van der Waals surface area contributed by atoms with Gasteiger partial charge in [0.1, 0.15) is 10.8 Å². The number of aromatic nitrogens is 4. The van der Waals surface area contributed by atoms with E-state index in [2.05, 4.69) is 25.3 Å². The largest absolute Gasteiger partial charge is 0.325 e. The van der Waals surface area contributed by atoms with E-state index in [-0.39, 0.29) is 22.4 Å². The summed E-state index contributed by atoms with van der Waals surface area (Å²) in [6.07, 6.45) is 2.22. The standard InChI is InChI=1S/C10H8ClN5O2/c1-5-2-7(11)15-10(14-5)16-9(18)6-3-13-8(17)4-12-6/h2-4H,1H3,(H,13,17)(H,14,15,16,18). The molecule has 0 fully saturated rings. The zero-order valence-electron chi connectivity index (χ0n) is 9.27. The van der Waals surface area contributed by atoms with E-state index in [1.54, 1.807) is 13.0 Å². The third-order valence-electron chi connectivity index (χ3n) is 1.95. The lowest BCUT2D eigenvalue weighted by atomic mass is 10.4. The summed E-state index contributed by atoms with van der Waals surface area (Å²) in [6, 6.07) is 1.56. The molecule has 2 rings (SSSR count). The highest BCUT2D eigenvalue weighted by Crippen LogP contribution is 2.10. The Kier molecular flexibility index (Phi) is 3.33. The molecule has 7 nitrogen and oxygen atoms in total. The van der Waals surface area contributed by atoms with Gasteiger partial charge >= 0.3 is 0 Å². The number of nitrogens with zero attached hydrogens (tertiary/aromatic N) is 3. The summed E-state index contributed by atoms with van der Waals surface area (Å²) < 4.78 is 0. The topological polar surface area (TPSA) is 101 Å². The quantitative estimate of drug-likeness (QED) is 0.781. The molecule has 0 aliphatic carbocycles. The molecule has 0 unspecified atom stereocenters. The molecule has 2 aromatic rings. The van der Waals surface area contributed by atoms with Crippen molar-refractivity contribution in [1.29, 1.82) is 0 Å². The number of halogens is 1. The molecule has 0 bridgehead atoms. The molecule has 0 radical (unpaired) electrons. The van der Waals surface area contributed by atoms with Crippen molar-refractivity contribution in [3.63, 3.8) is 0 Å². The Morgan fingerprint density at radius 3 is 2.83 bits per heavy atom. The fourth-order valence-electron chi connectivity index (χ4n) is 1.22. The molecular formula is C10H8ClN5O2. The van der Waals surface area contributed by atoms with Crippen molar-refractivity contribution < 1.29 is 4.79 Å². The molecule has 0 atom stereocenters. The van der Waals surface area contributed by atoms with Crippen molar-refractivity contribution in [2.75, 3.05) is 5.32 Å². The summed E-state index contributed by atoms with van der Waals surface area (Å²) in [5.41, 5.74) is 0.289. The smallest absolute Gasteiger partial charge is 0.278 e. The van der Waals surface area contributed by atoms with Crippen LogP contribution in [0.15, 0.2) is 23.3 Å². The highest BCUT2D eigenvalue weighted by atomic mass is 35.5. The van der Waals surface area contributed by atoms with Gasteiger partial charge < -0.3 is 4.98 Å². The average Bonchev–Trinajstić information content (AvgIpc) is 2.28.